The van der Waals surface area contributed by atoms with Crippen LogP contribution in [0.1, 0.15) is 52.4 Å². The van der Waals surface area contributed by atoms with E-state index in [0.29, 0.717) is 12.1 Å². The Labute approximate surface area is 111 Å². The van der Waals surface area contributed by atoms with Gasteiger partial charge in [0.25, 0.3) is 0 Å². The lowest BCUT2D eigenvalue weighted by Crippen LogP contribution is -2.41. The number of hydrogen-bond donors (Lipinski definition) is 2. The van der Waals surface area contributed by atoms with E-state index in [4.69, 9.17) is 0 Å². The van der Waals surface area contributed by atoms with Gasteiger partial charge >= 0.3 is 6.03 Å². The van der Waals surface area contributed by atoms with E-state index < -0.39 is 0 Å². The zero-order chi connectivity index (χ0) is 13.4. The van der Waals surface area contributed by atoms with Crippen LogP contribution in [0.15, 0.2) is 0 Å². The van der Waals surface area contributed by atoms with Gasteiger partial charge in [0, 0.05) is 18.6 Å². The molecule has 1 saturated carbocycles. The number of rotatable bonds is 7. The Morgan fingerprint density at radius 1 is 1.28 bits per heavy atom. The fraction of sp³-hybridized carbons (Fsp3) is 0.929. The molecule has 4 nitrogen and oxygen atoms in total. The van der Waals surface area contributed by atoms with E-state index in [0.717, 1.165) is 38.8 Å². The molecule has 0 bridgehead atoms. The number of carbonyl (C=O) groups excluding carboxylic acids is 1. The van der Waals surface area contributed by atoms with Gasteiger partial charge in [-0.25, -0.2) is 4.79 Å². The highest BCUT2D eigenvalue weighted by Crippen LogP contribution is 2.17. The number of urea groups is 1. The second kappa shape index (κ2) is 8.35. The van der Waals surface area contributed by atoms with E-state index in [-0.39, 0.29) is 6.03 Å². The van der Waals surface area contributed by atoms with Gasteiger partial charge in [-0.05, 0) is 53.1 Å². The quantitative estimate of drug-likeness (QED) is 0.686. The van der Waals surface area contributed by atoms with Crippen LogP contribution in [-0.2, 0) is 0 Å². The van der Waals surface area contributed by atoms with Crippen LogP contribution in [0.3, 0.4) is 0 Å². The van der Waals surface area contributed by atoms with Crippen LogP contribution in [0.4, 0.5) is 4.79 Å². The minimum absolute atomic E-state index is 0.0131. The standard InChI is InChI=1S/C14H29N3O/c1-12(2)17(3)11-7-6-10-15-14(18)16-13-8-4-5-9-13/h12-13H,4-11H2,1-3H3,(H2,15,16,18). The first-order chi connectivity index (χ1) is 8.59. The molecule has 1 rings (SSSR count). The van der Waals surface area contributed by atoms with Gasteiger partial charge in [-0.3, -0.25) is 0 Å². The van der Waals surface area contributed by atoms with E-state index in [1.807, 2.05) is 0 Å². The fourth-order valence-electron chi connectivity index (χ4n) is 2.25. The molecule has 4 heteroatoms. The molecule has 0 saturated heterocycles. The summed E-state index contributed by atoms with van der Waals surface area (Å²) in [6.07, 6.45) is 6.99. The van der Waals surface area contributed by atoms with Crippen molar-refractivity contribution in [2.24, 2.45) is 0 Å². The van der Waals surface area contributed by atoms with Crippen molar-refractivity contribution in [1.82, 2.24) is 15.5 Å². The predicted octanol–water partition coefficient (Wildman–Crippen LogP) is 2.35. The summed E-state index contributed by atoms with van der Waals surface area (Å²) in [5.41, 5.74) is 0. The molecule has 0 atom stereocenters. The Morgan fingerprint density at radius 3 is 2.56 bits per heavy atom. The van der Waals surface area contributed by atoms with Gasteiger partial charge in [0.05, 0.1) is 0 Å². The van der Waals surface area contributed by atoms with Crippen molar-refractivity contribution in [3.05, 3.63) is 0 Å². The third kappa shape index (κ3) is 6.24. The summed E-state index contributed by atoms with van der Waals surface area (Å²) in [5.74, 6) is 0. The molecule has 2 amide bonds. The summed E-state index contributed by atoms with van der Waals surface area (Å²) in [6, 6.07) is 1.03. The van der Waals surface area contributed by atoms with Gasteiger partial charge in [0.15, 0.2) is 0 Å². The normalized spacial score (nSPS) is 16.5. The highest BCUT2D eigenvalue weighted by molar-refractivity contribution is 5.74. The van der Waals surface area contributed by atoms with Gasteiger partial charge in [0.1, 0.15) is 0 Å². The Bertz CT molecular complexity index is 237. The maximum atomic E-state index is 11.6. The summed E-state index contributed by atoms with van der Waals surface area (Å²) in [4.78, 5) is 13.9. The molecule has 2 N–H and O–H groups in total. The van der Waals surface area contributed by atoms with Crippen molar-refractivity contribution in [3.63, 3.8) is 0 Å². The van der Waals surface area contributed by atoms with Gasteiger partial charge in [-0.1, -0.05) is 12.8 Å². The van der Waals surface area contributed by atoms with Crippen LogP contribution in [0.2, 0.25) is 0 Å². The minimum atomic E-state index is 0.0131. The molecule has 0 aromatic carbocycles. The van der Waals surface area contributed by atoms with Gasteiger partial charge < -0.3 is 15.5 Å². The highest BCUT2D eigenvalue weighted by Gasteiger charge is 2.16. The molecule has 0 aromatic heterocycles. The topological polar surface area (TPSA) is 44.4 Å². The number of nitrogens with one attached hydrogen (secondary N) is 2. The fourth-order valence-corrected chi connectivity index (χ4v) is 2.25. The molecule has 1 aliphatic carbocycles. The zero-order valence-corrected chi connectivity index (χ0v) is 12.2. The first-order valence-electron chi connectivity index (χ1n) is 7.34. The Kier molecular flexibility index (Phi) is 7.09. The smallest absolute Gasteiger partial charge is 0.315 e. The summed E-state index contributed by atoms with van der Waals surface area (Å²) in [5, 5.41) is 5.98. The second-order valence-electron chi connectivity index (χ2n) is 5.66. The first kappa shape index (κ1) is 15.3. The molecule has 0 aromatic rings. The molecule has 106 valence electrons. The van der Waals surface area contributed by atoms with Crippen molar-refractivity contribution in [2.75, 3.05) is 20.1 Å². The SMILES string of the molecule is CC(C)N(C)CCCCNC(=O)NC1CCCC1. The molecule has 0 spiro atoms. The zero-order valence-electron chi connectivity index (χ0n) is 12.2. The molecular weight excluding hydrogens is 226 g/mol. The third-order valence-corrected chi connectivity index (χ3v) is 3.80. The maximum Gasteiger partial charge on any atom is 0.315 e. The van der Waals surface area contributed by atoms with Crippen LogP contribution >= 0.6 is 0 Å². The molecule has 18 heavy (non-hydrogen) atoms. The molecular formula is C14H29N3O. The first-order valence-corrected chi connectivity index (χ1v) is 7.34. The summed E-state index contributed by atoms with van der Waals surface area (Å²) < 4.78 is 0. The average Bonchev–Trinajstić information content (AvgIpc) is 2.80. The number of amides is 2. The molecule has 1 fully saturated rings. The van der Waals surface area contributed by atoms with Crippen LogP contribution in [0.25, 0.3) is 0 Å². The number of nitrogens with zero attached hydrogens (tertiary/aromatic N) is 1. The molecule has 1 aliphatic rings. The van der Waals surface area contributed by atoms with Crippen LogP contribution in [0, 0.1) is 0 Å². The maximum absolute atomic E-state index is 11.6. The van der Waals surface area contributed by atoms with Crippen molar-refractivity contribution in [2.45, 2.75) is 64.5 Å². The lowest BCUT2D eigenvalue weighted by atomic mass is 10.2. The highest BCUT2D eigenvalue weighted by atomic mass is 16.2. The Hall–Kier alpha value is -0.770. The van der Waals surface area contributed by atoms with Crippen LogP contribution < -0.4 is 10.6 Å². The third-order valence-electron chi connectivity index (χ3n) is 3.80. The van der Waals surface area contributed by atoms with Gasteiger partial charge in [-0.15, -0.1) is 0 Å². The van der Waals surface area contributed by atoms with Crippen LogP contribution in [0.5, 0.6) is 0 Å². The monoisotopic (exact) mass is 255 g/mol. The molecule has 0 heterocycles. The number of unbranched alkanes of at least 4 members (excludes halogenated alkanes) is 1. The minimum Gasteiger partial charge on any atom is -0.338 e. The second-order valence-corrected chi connectivity index (χ2v) is 5.66. The van der Waals surface area contributed by atoms with E-state index in [1.165, 1.54) is 12.8 Å². The van der Waals surface area contributed by atoms with E-state index in [2.05, 4.69) is 36.4 Å². The van der Waals surface area contributed by atoms with E-state index >= 15 is 0 Å². The van der Waals surface area contributed by atoms with Crippen molar-refractivity contribution < 1.29 is 4.79 Å². The molecule has 0 aliphatic heterocycles. The number of hydrogen-bond acceptors (Lipinski definition) is 2. The summed E-state index contributed by atoms with van der Waals surface area (Å²) in [7, 11) is 2.14. The van der Waals surface area contributed by atoms with Crippen molar-refractivity contribution >= 4 is 6.03 Å². The largest absolute Gasteiger partial charge is 0.338 e. The van der Waals surface area contributed by atoms with Crippen molar-refractivity contribution in [3.8, 4) is 0 Å². The average molecular weight is 255 g/mol. The van der Waals surface area contributed by atoms with Gasteiger partial charge in [-0.2, -0.15) is 0 Å². The molecule has 0 unspecified atom stereocenters. The Balaban J connectivity index is 1.95. The molecule has 0 radical (unpaired) electrons. The van der Waals surface area contributed by atoms with Crippen molar-refractivity contribution in [1.29, 1.82) is 0 Å². The van der Waals surface area contributed by atoms with Crippen LogP contribution in [-0.4, -0.2) is 43.2 Å². The lowest BCUT2D eigenvalue weighted by molar-refractivity contribution is 0.236. The summed E-state index contributed by atoms with van der Waals surface area (Å²) in [6.45, 7) is 6.29. The van der Waals surface area contributed by atoms with E-state index in [9.17, 15) is 4.79 Å². The van der Waals surface area contributed by atoms with E-state index in [1.54, 1.807) is 0 Å². The predicted molar refractivity (Wildman–Crippen MR) is 75.8 cm³/mol. The lowest BCUT2D eigenvalue weighted by Gasteiger charge is -2.20. The Morgan fingerprint density at radius 2 is 1.94 bits per heavy atom. The number of carbonyl (C=O) groups is 1. The van der Waals surface area contributed by atoms with Gasteiger partial charge in [0.2, 0.25) is 0 Å². The summed E-state index contributed by atoms with van der Waals surface area (Å²) >= 11 is 0.